The van der Waals surface area contributed by atoms with Crippen LogP contribution in [0.25, 0.3) is 5.65 Å². The fourth-order valence-corrected chi connectivity index (χ4v) is 3.77. The number of rotatable bonds is 4. The van der Waals surface area contributed by atoms with Crippen molar-refractivity contribution in [2.24, 2.45) is 0 Å². The number of fused-ring (bicyclic) bond motifs is 1. The normalized spacial score (nSPS) is 15.1. The highest BCUT2D eigenvalue weighted by Gasteiger charge is 2.21. The first-order valence-corrected chi connectivity index (χ1v) is 9.68. The summed E-state index contributed by atoms with van der Waals surface area (Å²) in [4.78, 5) is 32.3. The monoisotopic (exact) mass is 377 g/mol. The summed E-state index contributed by atoms with van der Waals surface area (Å²) in [5, 5.41) is 0. The number of quaternary nitrogens is 1. The van der Waals surface area contributed by atoms with Gasteiger partial charge in [-0.1, -0.05) is 6.07 Å². The maximum Gasteiger partial charge on any atom is 0.258 e. The molecule has 1 aromatic carbocycles. The Bertz CT molecular complexity index is 1060. The first kappa shape index (κ1) is 18.4. The van der Waals surface area contributed by atoms with Gasteiger partial charge in [0, 0.05) is 23.5 Å². The molecule has 3 aromatic rings. The van der Waals surface area contributed by atoms with Crippen LogP contribution in [0.15, 0.2) is 53.5 Å². The molecule has 0 spiro atoms. The molecule has 3 heterocycles. The van der Waals surface area contributed by atoms with E-state index in [0.29, 0.717) is 5.65 Å². The van der Waals surface area contributed by atoms with Crippen molar-refractivity contribution in [2.45, 2.75) is 20.4 Å². The number of carbonyl (C=O) groups excluding carboxylic acids is 1. The van der Waals surface area contributed by atoms with Crippen LogP contribution in [0.4, 0.5) is 5.69 Å². The number of aryl methyl sites for hydroxylation is 1. The highest BCUT2D eigenvalue weighted by atomic mass is 16.1. The second-order valence-electron chi connectivity index (χ2n) is 7.54. The van der Waals surface area contributed by atoms with Crippen molar-refractivity contribution in [3.63, 3.8) is 0 Å². The third kappa shape index (κ3) is 3.82. The van der Waals surface area contributed by atoms with Crippen molar-refractivity contribution in [1.82, 2.24) is 9.38 Å². The minimum absolute atomic E-state index is 0.0210. The van der Waals surface area contributed by atoms with E-state index in [4.69, 9.17) is 0 Å². The number of ketones is 1. The fraction of sp³-hybridized carbons (Fsp3) is 0.318. The SMILES string of the molecule is CC(=O)c1ccc(N2CC[NH+](Cc3cc(=O)n4cc(C)ccc4n3)CC2)cc1. The molecule has 2 aromatic heterocycles. The van der Waals surface area contributed by atoms with Gasteiger partial charge in [-0.05, 0) is 49.7 Å². The van der Waals surface area contributed by atoms with E-state index < -0.39 is 0 Å². The number of benzene rings is 1. The van der Waals surface area contributed by atoms with Crippen LogP contribution >= 0.6 is 0 Å². The quantitative estimate of drug-likeness (QED) is 0.692. The summed E-state index contributed by atoms with van der Waals surface area (Å²) in [6.45, 7) is 8.19. The van der Waals surface area contributed by atoms with Gasteiger partial charge in [-0.2, -0.15) is 0 Å². The van der Waals surface area contributed by atoms with E-state index in [-0.39, 0.29) is 11.3 Å². The number of piperazine rings is 1. The lowest BCUT2D eigenvalue weighted by Crippen LogP contribution is -3.13. The fourth-order valence-electron chi connectivity index (χ4n) is 3.77. The molecular weight excluding hydrogens is 352 g/mol. The summed E-state index contributed by atoms with van der Waals surface area (Å²) in [6.07, 6.45) is 1.83. The number of carbonyl (C=O) groups is 1. The Kier molecular flexibility index (Phi) is 4.96. The summed E-state index contributed by atoms with van der Waals surface area (Å²) in [5.41, 5.74) is 4.48. The van der Waals surface area contributed by atoms with Crippen LogP contribution in [0.1, 0.15) is 28.5 Å². The highest BCUT2D eigenvalue weighted by molar-refractivity contribution is 5.94. The van der Waals surface area contributed by atoms with Crippen molar-refractivity contribution in [3.05, 3.63) is 75.8 Å². The van der Waals surface area contributed by atoms with E-state index in [0.717, 1.165) is 55.2 Å². The van der Waals surface area contributed by atoms with Crippen LogP contribution in [0.3, 0.4) is 0 Å². The van der Waals surface area contributed by atoms with Crippen molar-refractivity contribution in [1.29, 1.82) is 0 Å². The highest BCUT2D eigenvalue weighted by Crippen LogP contribution is 2.15. The Hall–Kier alpha value is -2.99. The molecule has 0 aliphatic carbocycles. The van der Waals surface area contributed by atoms with Crippen LogP contribution in [0.5, 0.6) is 0 Å². The van der Waals surface area contributed by atoms with Crippen LogP contribution in [-0.2, 0) is 6.54 Å². The molecule has 0 saturated carbocycles. The number of pyridine rings is 1. The molecule has 1 aliphatic rings. The maximum absolute atomic E-state index is 12.4. The molecule has 0 radical (unpaired) electrons. The number of Topliss-reactive ketones (excluding diaryl/α,β-unsaturated/α-hetero) is 1. The van der Waals surface area contributed by atoms with Gasteiger partial charge in [0.1, 0.15) is 17.9 Å². The molecule has 144 valence electrons. The zero-order chi connectivity index (χ0) is 19.7. The molecule has 0 bridgehead atoms. The summed E-state index contributed by atoms with van der Waals surface area (Å²) in [7, 11) is 0. The summed E-state index contributed by atoms with van der Waals surface area (Å²) < 4.78 is 1.61. The number of aromatic nitrogens is 2. The molecule has 1 saturated heterocycles. The molecule has 4 rings (SSSR count). The van der Waals surface area contributed by atoms with E-state index >= 15 is 0 Å². The van der Waals surface area contributed by atoms with Crippen LogP contribution in [0, 0.1) is 6.92 Å². The van der Waals surface area contributed by atoms with Crippen molar-refractivity contribution < 1.29 is 9.69 Å². The molecule has 1 fully saturated rings. The van der Waals surface area contributed by atoms with Crippen molar-refractivity contribution >= 4 is 17.1 Å². The summed E-state index contributed by atoms with van der Waals surface area (Å²) in [5.74, 6) is 0.0924. The lowest BCUT2D eigenvalue weighted by molar-refractivity contribution is -0.914. The van der Waals surface area contributed by atoms with Gasteiger partial charge in [0.2, 0.25) is 0 Å². The molecule has 6 nitrogen and oxygen atoms in total. The van der Waals surface area contributed by atoms with E-state index in [1.807, 2.05) is 49.5 Å². The lowest BCUT2D eigenvalue weighted by atomic mass is 10.1. The first-order valence-electron chi connectivity index (χ1n) is 9.68. The molecule has 28 heavy (non-hydrogen) atoms. The van der Waals surface area contributed by atoms with Gasteiger partial charge in [0.25, 0.3) is 5.56 Å². The van der Waals surface area contributed by atoms with Crippen LogP contribution < -0.4 is 15.4 Å². The summed E-state index contributed by atoms with van der Waals surface area (Å²) >= 11 is 0. The summed E-state index contributed by atoms with van der Waals surface area (Å²) in [6, 6.07) is 13.4. The zero-order valence-corrected chi connectivity index (χ0v) is 16.3. The lowest BCUT2D eigenvalue weighted by Gasteiger charge is -2.33. The van der Waals surface area contributed by atoms with E-state index in [1.54, 1.807) is 17.4 Å². The molecule has 1 N–H and O–H groups in total. The second-order valence-corrected chi connectivity index (χ2v) is 7.54. The molecule has 6 heteroatoms. The molecular formula is C22H25N4O2+. The van der Waals surface area contributed by atoms with Gasteiger partial charge in [-0.25, -0.2) is 4.98 Å². The number of hydrogen-bond acceptors (Lipinski definition) is 4. The van der Waals surface area contributed by atoms with Gasteiger partial charge in [-0.3, -0.25) is 14.0 Å². The van der Waals surface area contributed by atoms with Gasteiger partial charge in [0.05, 0.1) is 26.2 Å². The van der Waals surface area contributed by atoms with Crippen LogP contribution in [0.2, 0.25) is 0 Å². The smallest absolute Gasteiger partial charge is 0.258 e. The standard InChI is InChI=1S/C22H24N4O2/c1-16-3-8-21-23-19(13-22(28)26(21)14-16)15-24-9-11-25(12-10-24)20-6-4-18(5-7-20)17(2)27/h3-8,13-14H,9-12,15H2,1-2H3/p+1. The Morgan fingerprint density at radius 3 is 2.50 bits per heavy atom. The molecule has 1 aliphatic heterocycles. The van der Waals surface area contributed by atoms with Gasteiger partial charge >= 0.3 is 0 Å². The van der Waals surface area contributed by atoms with E-state index in [9.17, 15) is 9.59 Å². The third-order valence-electron chi connectivity index (χ3n) is 5.40. The number of nitrogens with one attached hydrogen (secondary N) is 1. The van der Waals surface area contributed by atoms with Crippen molar-refractivity contribution in [3.8, 4) is 0 Å². The predicted octanol–water partition coefficient (Wildman–Crippen LogP) is 1.11. The Labute approximate surface area is 164 Å². The van der Waals surface area contributed by atoms with E-state index in [1.165, 1.54) is 4.90 Å². The largest absolute Gasteiger partial charge is 0.360 e. The van der Waals surface area contributed by atoms with Crippen LogP contribution in [-0.4, -0.2) is 41.3 Å². The minimum Gasteiger partial charge on any atom is -0.360 e. The average Bonchev–Trinajstić information content (AvgIpc) is 2.69. The Morgan fingerprint density at radius 2 is 1.82 bits per heavy atom. The van der Waals surface area contributed by atoms with Crippen molar-refractivity contribution in [2.75, 3.05) is 31.1 Å². The maximum atomic E-state index is 12.4. The second kappa shape index (κ2) is 7.56. The average molecular weight is 377 g/mol. The predicted molar refractivity (Wildman–Crippen MR) is 109 cm³/mol. The number of anilines is 1. The number of hydrogen-bond donors (Lipinski definition) is 1. The van der Waals surface area contributed by atoms with Gasteiger partial charge in [0.15, 0.2) is 5.78 Å². The van der Waals surface area contributed by atoms with E-state index in [2.05, 4.69) is 9.88 Å². The Morgan fingerprint density at radius 1 is 1.11 bits per heavy atom. The first-order chi connectivity index (χ1) is 13.5. The van der Waals surface area contributed by atoms with Gasteiger partial charge in [-0.15, -0.1) is 0 Å². The minimum atomic E-state index is -0.0210. The topological polar surface area (TPSA) is 59.1 Å². The third-order valence-corrected chi connectivity index (χ3v) is 5.40. The molecule has 0 amide bonds. The van der Waals surface area contributed by atoms with Gasteiger partial charge < -0.3 is 9.80 Å². The zero-order valence-electron chi connectivity index (χ0n) is 16.3. The number of nitrogens with zero attached hydrogens (tertiary/aromatic N) is 3. The molecule has 0 atom stereocenters. The molecule has 0 unspecified atom stereocenters. The Balaban J connectivity index is 1.42.